The average molecular weight is 209 g/mol. The summed E-state index contributed by atoms with van der Waals surface area (Å²) in [6, 6.07) is 0. The van der Waals surface area contributed by atoms with Gasteiger partial charge in [-0.1, -0.05) is 25.7 Å². The number of Topliss-reactive ketones (excluding diaryl/α,β-unsaturated/α-hetero) is 1. The Morgan fingerprint density at radius 2 is 1.93 bits per heavy atom. The molecule has 2 aliphatic heterocycles. The van der Waals surface area contributed by atoms with Gasteiger partial charge in [-0.15, -0.1) is 0 Å². The molecule has 0 aromatic carbocycles. The number of hydroxylamine groups is 2. The molecule has 3 rings (SSSR count). The van der Waals surface area contributed by atoms with Crippen molar-refractivity contribution in [3.05, 3.63) is 0 Å². The first kappa shape index (κ1) is 9.79. The molecule has 3 aliphatic rings. The van der Waals surface area contributed by atoms with Crippen LogP contribution in [-0.2, 0) is 9.63 Å². The summed E-state index contributed by atoms with van der Waals surface area (Å²) < 4.78 is 0. The topological polar surface area (TPSA) is 29.5 Å². The van der Waals surface area contributed by atoms with Gasteiger partial charge in [0.25, 0.3) is 0 Å². The molecule has 3 fully saturated rings. The quantitative estimate of drug-likeness (QED) is 0.610. The molecule has 0 radical (unpaired) electrons. The van der Waals surface area contributed by atoms with Crippen LogP contribution in [0, 0.1) is 5.92 Å². The van der Waals surface area contributed by atoms with Crippen molar-refractivity contribution in [2.24, 2.45) is 5.92 Å². The fraction of sp³-hybridized carbons (Fsp3) is 0.917. The van der Waals surface area contributed by atoms with E-state index in [0.717, 1.165) is 6.54 Å². The van der Waals surface area contributed by atoms with Gasteiger partial charge in [0.2, 0.25) is 0 Å². The Hall–Kier alpha value is -0.410. The number of hydrogen-bond acceptors (Lipinski definition) is 3. The van der Waals surface area contributed by atoms with Crippen LogP contribution in [0.25, 0.3) is 0 Å². The second-order valence-corrected chi connectivity index (χ2v) is 5.18. The molecule has 2 heterocycles. The monoisotopic (exact) mass is 209 g/mol. The summed E-state index contributed by atoms with van der Waals surface area (Å²) in [4.78, 5) is 17.6. The molecule has 1 spiro atoms. The number of hydrogen-bond donors (Lipinski definition) is 0. The highest BCUT2D eigenvalue weighted by atomic mass is 16.7. The summed E-state index contributed by atoms with van der Waals surface area (Å²) in [6.45, 7) is 1.48. The zero-order valence-electron chi connectivity index (χ0n) is 9.21. The second kappa shape index (κ2) is 3.56. The molecule has 1 saturated carbocycles. The molecule has 2 atom stereocenters. The lowest BCUT2D eigenvalue weighted by Crippen LogP contribution is -2.54. The normalized spacial score (nSPS) is 39.3. The van der Waals surface area contributed by atoms with Crippen molar-refractivity contribution in [2.75, 3.05) is 13.2 Å². The van der Waals surface area contributed by atoms with Gasteiger partial charge in [-0.2, -0.15) is 5.06 Å². The van der Waals surface area contributed by atoms with E-state index >= 15 is 0 Å². The molecule has 2 unspecified atom stereocenters. The molecule has 1 aliphatic carbocycles. The Kier molecular flexibility index (Phi) is 2.33. The van der Waals surface area contributed by atoms with Gasteiger partial charge >= 0.3 is 0 Å². The number of piperidine rings is 1. The zero-order valence-corrected chi connectivity index (χ0v) is 9.21. The fourth-order valence-electron chi connectivity index (χ4n) is 3.63. The van der Waals surface area contributed by atoms with Crippen LogP contribution in [0.1, 0.15) is 44.9 Å². The van der Waals surface area contributed by atoms with E-state index < -0.39 is 0 Å². The first-order chi connectivity index (χ1) is 7.33. The molecular formula is C12H19NO2. The highest BCUT2D eigenvalue weighted by molar-refractivity contribution is 5.84. The number of nitrogens with zero attached hydrogens (tertiary/aromatic N) is 1. The van der Waals surface area contributed by atoms with Crippen LogP contribution in [0.3, 0.4) is 0 Å². The molecule has 0 aromatic rings. The van der Waals surface area contributed by atoms with Crippen molar-refractivity contribution in [3.8, 4) is 0 Å². The Morgan fingerprint density at radius 1 is 1.20 bits per heavy atom. The smallest absolute Gasteiger partial charge is 0.141 e. The summed E-state index contributed by atoms with van der Waals surface area (Å²) in [5, 5.41) is 2.16. The van der Waals surface area contributed by atoms with Crippen LogP contribution in [0.4, 0.5) is 0 Å². The highest BCUT2D eigenvalue weighted by Crippen LogP contribution is 2.46. The van der Waals surface area contributed by atoms with E-state index in [1.54, 1.807) is 0 Å². The van der Waals surface area contributed by atoms with Crippen LogP contribution < -0.4 is 0 Å². The molecule has 3 nitrogen and oxygen atoms in total. The standard InChI is InChI=1S/C12H19NO2/c14-11-5-8-13-12(10(11)9-15-13)6-3-1-2-4-7-12/h10H,1-9H2. The summed E-state index contributed by atoms with van der Waals surface area (Å²) >= 11 is 0. The molecule has 3 heteroatoms. The van der Waals surface area contributed by atoms with Crippen molar-refractivity contribution < 1.29 is 9.63 Å². The Bertz CT molecular complexity index is 269. The second-order valence-electron chi connectivity index (χ2n) is 5.18. The van der Waals surface area contributed by atoms with Gasteiger partial charge in [-0.25, -0.2) is 0 Å². The van der Waals surface area contributed by atoms with Crippen molar-refractivity contribution in [1.29, 1.82) is 0 Å². The van der Waals surface area contributed by atoms with E-state index in [1.165, 1.54) is 38.5 Å². The maximum atomic E-state index is 11.9. The van der Waals surface area contributed by atoms with Gasteiger partial charge in [-0.05, 0) is 12.8 Å². The van der Waals surface area contributed by atoms with Gasteiger partial charge in [-0.3, -0.25) is 9.63 Å². The molecule has 0 aromatic heterocycles. The van der Waals surface area contributed by atoms with Crippen molar-refractivity contribution in [3.63, 3.8) is 0 Å². The van der Waals surface area contributed by atoms with Crippen molar-refractivity contribution in [1.82, 2.24) is 5.06 Å². The number of rotatable bonds is 0. The summed E-state index contributed by atoms with van der Waals surface area (Å²) in [5.74, 6) is 0.634. The molecule has 0 N–H and O–H groups in total. The van der Waals surface area contributed by atoms with E-state index in [1.807, 2.05) is 0 Å². The third-order valence-electron chi connectivity index (χ3n) is 4.46. The molecule has 2 saturated heterocycles. The Morgan fingerprint density at radius 3 is 2.67 bits per heavy atom. The van der Waals surface area contributed by atoms with E-state index in [2.05, 4.69) is 5.06 Å². The SMILES string of the molecule is O=C1CCN2OCC1C21CCCCCC1. The number of carbonyl (C=O) groups excluding carboxylic acids is 1. The zero-order chi connectivity index (χ0) is 10.3. The van der Waals surface area contributed by atoms with E-state index in [-0.39, 0.29) is 11.5 Å². The van der Waals surface area contributed by atoms with Crippen molar-refractivity contribution >= 4 is 5.78 Å². The highest BCUT2D eigenvalue weighted by Gasteiger charge is 2.55. The third-order valence-corrected chi connectivity index (χ3v) is 4.46. The molecule has 0 amide bonds. The van der Waals surface area contributed by atoms with Gasteiger partial charge in [0, 0.05) is 13.0 Å². The van der Waals surface area contributed by atoms with Crippen LogP contribution in [0.15, 0.2) is 0 Å². The molecule has 84 valence electrons. The van der Waals surface area contributed by atoms with Crippen LogP contribution >= 0.6 is 0 Å². The lowest BCUT2D eigenvalue weighted by Gasteiger charge is -2.42. The summed E-state index contributed by atoms with van der Waals surface area (Å²) in [6.07, 6.45) is 8.24. The maximum absolute atomic E-state index is 11.9. The first-order valence-electron chi connectivity index (χ1n) is 6.26. The van der Waals surface area contributed by atoms with E-state index in [0.29, 0.717) is 18.8 Å². The van der Waals surface area contributed by atoms with Crippen LogP contribution in [0.2, 0.25) is 0 Å². The third kappa shape index (κ3) is 1.36. The predicted octanol–water partition coefficient (Wildman–Crippen LogP) is 1.92. The Balaban J connectivity index is 1.91. The summed E-state index contributed by atoms with van der Waals surface area (Å²) in [5.41, 5.74) is 0.103. The van der Waals surface area contributed by atoms with Gasteiger partial charge in [0.15, 0.2) is 0 Å². The minimum Gasteiger partial charge on any atom is -0.299 e. The Labute approximate surface area is 90.7 Å². The van der Waals surface area contributed by atoms with Gasteiger partial charge < -0.3 is 0 Å². The molecule has 15 heavy (non-hydrogen) atoms. The first-order valence-corrected chi connectivity index (χ1v) is 6.26. The minimum atomic E-state index is 0.103. The van der Waals surface area contributed by atoms with Crippen molar-refractivity contribution in [2.45, 2.75) is 50.5 Å². The van der Waals surface area contributed by atoms with Gasteiger partial charge in [0.05, 0.1) is 18.1 Å². The number of carbonyl (C=O) groups is 1. The molecular weight excluding hydrogens is 190 g/mol. The molecule has 2 bridgehead atoms. The maximum Gasteiger partial charge on any atom is 0.141 e. The largest absolute Gasteiger partial charge is 0.299 e. The fourth-order valence-corrected chi connectivity index (χ4v) is 3.63. The van der Waals surface area contributed by atoms with Crippen LogP contribution in [0.5, 0.6) is 0 Å². The number of ketones is 1. The summed E-state index contributed by atoms with van der Waals surface area (Å²) in [7, 11) is 0. The lowest BCUT2D eigenvalue weighted by atomic mass is 9.73. The lowest BCUT2D eigenvalue weighted by molar-refractivity contribution is -0.176. The van der Waals surface area contributed by atoms with E-state index in [9.17, 15) is 4.79 Å². The minimum absolute atomic E-state index is 0.103. The van der Waals surface area contributed by atoms with Crippen LogP contribution in [-0.4, -0.2) is 29.5 Å². The average Bonchev–Trinajstić information content (AvgIpc) is 2.43. The predicted molar refractivity (Wildman–Crippen MR) is 56.2 cm³/mol. The van der Waals surface area contributed by atoms with E-state index in [4.69, 9.17) is 4.84 Å². The van der Waals surface area contributed by atoms with Gasteiger partial charge in [0.1, 0.15) is 5.78 Å².